The molecule has 2 rings (SSSR count). The van der Waals surface area contributed by atoms with Crippen LogP contribution in [0.15, 0.2) is 6.07 Å². The lowest BCUT2D eigenvalue weighted by atomic mass is 9.87. The quantitative estimate of drug-likeness (QED) is 0.645. The Morgan fingerprint density at radius 3 is 2.47 bits per heavy atom. The lowest BCUT2D eigenvalue weighted by molar-refractivity contribution is 0.328. The summed E-state index contributed by atoms with van der Waals surface area (Å²) in [4.78, 5) is 11.3. The maximum atomic E-state index is 5.51. The van der Waals surface area contributed by atoms with Gasteiger partial charge in [-0.25, -0.2) is 15.8 Å². The highest BCUT2D eigenvalue weighted by Crippen LogP contribution is 2.39. The summed E-state index contributed by atoms with van der Waals surface area (Å²) in [6.07, 6.45) is 2.37. The molecule has 5 nitrogen and oxygen atoms in total. The minimum absolute atomic E-state index is 0.190. The van der Waals surface area contributed by atoms with Crippen LogP contribution >= 0.6 is 0 Å². The zero-order valence-electron chi connectivity index (χ0n) is 12.6. The Bertz CT molecular complexity index is 448. The molecule has 1 unspecified atom stereocenters. The SMILES string of the molecule is CC(N(C)c1cc(NN)nc(C2CC2)n1)C(C)(C)C. The summed E-state index contributed by atoms with van der Waals surface area (Å²) in [5.41, 5.74) is 2.84. The highest BCUT2D eigenvalue weighted by molar-refractivity contribution is 5.49. The Labute approximate surface area is 115 Å². The third kappa shape index (κ3) is 3.15. The van der Waals surface area contributed by atoms with E-state index < -0.39 is 0 Å². The van der Waals surface area contributed by atoms with Crippen LogP contribution in [0.5, 0.6) is 0 Å². The summed E-state index contributed by atoms with van der Waals surface area (Å²) in [5.74, 6) is 8.58. The molecule has 0 aromatic carbocycles. The van der Waals surface area contributed by atoms with Gasteiger partial charge in [0, 0.05) is 25.1 Å². The molecule has 3 N–H and O–H groups in total. The van der Waals surface area contributed by atoms with Crippen molar-refractivity contribution in [3.05, 3.63) is 11.9 Å². The van der Waals surface area contributed by atoms with E-state index >= 15 is 0 Å². The van der Waals surface area contributed by atoms with E-state index in [-0.39, 0.29) is 5.41 Å². The van der Waals surface area contributed by atoms with Gasteiger partial charge in [0.2, 0.25) is 0 Å². The molecular formula is C14H25N5. The number of hydrazine groups is 1. The van der Waals surface area contributed by atoms with E-state index in [1.54, 1.807) is 0 Å². The number of hydrogen-bond acceptors (Lipinski definition) is 5. The van der Waals surface area contributed by atoms with Crippen molar-refractivity contribution in [1.82, 2.24) is 9.97 Å². The molecule has 1 aliphatic rings. The van der Waals surface area contributed by atoms with E-state index in [9.17, 15) is 0 Å². The van der Waals surface area contributed by atoms with Gasteiger partial charge in [0.15, 0.2) is 0 Å². The first kappa shape index (κ1) is 14.1. The van der Waals surface area contributed by atoms with Crippen LogP contribution in [-0.4, -0.2) is 23.1 Å². The van der Waals surface area contributed by atoms with Crippen LogP contribution in [0.25, 0.3) is 0 Å². The van der Waals surface area contributed by atoms with Gasteiger partial charge in [0.1, 0.15) is 17.5 Å². The van der Waals surface area contributed by atoms with Crippen LogP contribution in [-0.2, 0) is 0 Å². The monoisotopic (exact) mass is 263 g/mol. The average molecular weight is 263 g/mol. The maximum Gasteiger partial charge on any atom is 0.145 e. The van der Waals surface area contributed by atoms with E-state index in [4.69, 9.17) is 10.8 Å². The molecule has 0 aliphatic heterocycles. The molecule has 1 fully saturated rings. The number of anilines is 2. The largest absolute Gasteiger partial charge is 0.356 e. The molecule has 1 aromatic heterocycles. The topological polar surface area (TPSA) is 67.1 Å². The smallest absolute Gasteiger partial charge is 0.145 e. The molecule has 106 valence electrons. The molecular weight excluding hydrogens is 238 g/mol. The van der Waals surface area contributed by atoms with Gasteiger partial charge in [0.05, 0.1) is 0 Å². The van der Waals surface area contributed by atoms with E-state index in [1.165, 1.54) is 12.8 Å². The van der Waals surface area contributed by atoms with Gasteiger partial charge < -0.3 is 10.3 Å². The predicted octanol–water partition coefficient (Wildman–Crippen LogP) is 2.51. The van der Waals surface area contributed by atoms with Crippen LogP contribution in [0, 0.1) is 5.41 Å². The maximum absolute atomic E-state index is 5.51. The first-order chi connectivity index (χ1) is 8.82. The predicted molar refractivity (Wildman–Crippen MR) is 79.1 cm³/mol. The Hall–Kier alpha value is -1.36. The lowest BCUT2D eigenvalue weighted by Crippen LogP contribution is -2.40. The molecule has 0 spiro atoms. The van der Waals surface area contributed by atoms with Gasteiger partial charge >= 0.3 is 0 Å². The zero-order chi connectivity index (χ0) is 14.2. The summed E-state index contributed by atoms with van der Waals surface area (Å²) in [7, 11) is 2.08. The molecule has 19 heavy (non-hydrogen) atoms. The average Bonchev–Trinajstić information content (AvgIpc) is 3.19. The molecule has 0 bridgehead atoms. The fourth-order valence-corrected chi connectivity index (χ4v) is 2.01. The van der Waals surface area contributed by atoms with Gasteiger partial charge in [-0.2, -0.15) is 0 Å². The van der Waals surface area contributed by atoms with Crippen molar-refractivity contribution < 1.29 is 0 Å². The molecule has 1 aromatic rings. The van der Waals surface area contributed by atoms with E-state index in [0.717, 1.165) is 11.6 Å². The number of nitrogen functional groups attached to an aromatic ring is 1. The Balaban J connectivity index is 2.30. The summed E-state index contributed by atoms with van der Waals surface area (Å²) in [6, 6.07) is 2.29. The summed E-state index contributed by atoms with van der Waals surface area (Å²) in [5, 5.41) is 0. The highest BCUT2D eigenvalue weighted by atomic mass is 15.3. The second kappa shape index (κ2) is 4.96. The Kier molecular flexibility index (Phi) is 3.67. The Morgan fingerprint density at radius 1 is 1.37 bits per heavy atom. The first-order valence-electron chi connectivity index (χ1n) is 6.91. The van der Waals surface area contributed by atoms with Gasteiger partial charge in [0.25, 0.3) is 0 Å². The number of aromatic nitrogens is 2. The fraction of sp³-hybridized carbons (Fsp3) is 0.714. The highest BCUT2D eigenvalue weighted by Gasteiger charge is 2.29. The van der Waals surface area contributed by atoms with Crippen molar-refractivity contribution in [3.63, 3.8) is 0 Å². The number of rotatable bonds is 4. The van der Waals surface area contributed by atoms with Crippen molar-refractivity contribution >= 4 is 11.6 Å². The lowest BCUT2D eigenvalue weighted by Gasteiger charge is -2.36. The van der Waals surface area contributed by atoms with E-state index in [2.05, 4.69) is 50.1 Å². The second-order valence-electron chi connectivity index (χ2n) is 6.54. The van der Waals surface area contributed by atoms with Gasteiger partial charge in [-0.05, 0) is 25.2 Å². The van der Waals surface area contributed by atoms with E-state index in [1.807, 2.05) is 6.07 Å². The van der Waals surface area contributed by atoms with Crippen molar-refractivity contribution in [1.29, 1.82) is 0 Å². The molecule has 5 heteroatoms. The van der Waals surface area contributed by atoms with Gasteiger partial charge in [-0.15, -0.1) is 0 Å². The zero-order valence-corrected chi connectivity index (χ0v) is 12.6. The standard InChI is InChI=1S/C14H25N5/c1-9(14(2,3)4)19(5)12-8-11(18-15)16-13(17-12)10-6-7-10/h8-10H,6-7,15H2,1-5H3,(H,16,17,18). The molecule has 1 heterocycles. The summed E-state index contributed by atoms with van der Waals surface area (Å²) in [6.45, 7) is 8.92. The second-order valence-corrected chi connectivity index (χ2v) is 6.54. The van der Waals surface area contributed by atoms with Crippen molar-refractivity contribution in [2.24, 2.45) is 11.3 Å². The van der Waals surface area contributed by atoms with Crippen LogP contribution in [0.2, 0.25) is 0 Å². The molecule has 1 atom stereocenters. The van der Waals surface area contributed by atoms with Crippen molar-refractivity contribution in [2.45, 2.75) is 52.5 Å². The minimum Gasteiger partial charge on any atom is -0.356 e. The molecule has 0 saturated heterocycles. The Morgan fingerprint density at radius 2 is 2.00 bits per heavy atom. The van der Waals surface area contributed by atoms with E-state index in [0.29, 0.717) is 17.8 Å². The third-order valence-corrected chi connectivity index (χ3v) is 4.02. The molecule has 0 radical (unpaired) electrons. The minimum atomic E-state index is 0.190. The van der Waals surface area contributed by atoms with Gasteiger partial charge in [-0.1, -0.05) is 20.8 Å². The number of hydrogen-bond donors (Lipinski definition) is 2. The van der Waals surface area contributed by atoms with Crippen molar-refractivity contribution in [3.8, 4) is 0 Å². The number of nitrogens with zero attached hydrogens (tertiary/aromatic N) is 3. The van der Waals surface area contributed by atoms with Crippen LogP contribution in [0.3, 0.4) is 0 Å². The number of nitrogens with two attached hydrogens (primary N) is 1. The summed E-state index contributed by atoms with van der Waals surface area (Å²) < 4.78 is 0. The first-order valence-corrected chi connectivity index (χ1v) is 6.91. The molecule has 0 amide bonds. The fourth-order valence-electron chi connectivity index (χ4n) is 2.01. The van der Waals surface area contributed by atoms with Crippen LogP contribution < -0.4 is 16.2 Å². The number of nitrogens with one attached hydrogen (secondary N) is 1. The third-order valence-electron chi connectivity index (χ3n) is 4.02. The molecule has 1 saturated carbocycles. The molecule has 1 aliphatic carbocycles. The van der Waals surface area contributed by atoms with Crippen molar-refractivity contribution in [2.75, 3.05) is 17.4 Å². The van der Waals surface area contributed by atoms with Crippen LogP contribution in [0.4, 0.5) is 11.6 Å². The van der Waals surface area contributed by atoms with Crippen LogP contribution in [0.1, 0.15) is 52.3 Å². The normalized spacial score (nSPS) is 17.2. The van der Waals surface area contributed by atoms with Gasteiger partial charge in [-0.3, -0.25) is 0 Å². The summed E-state index contributed by atoms with van der Waals surface area (Å²) >= 11 is 0.